The van der Waals surface area contributed by atoms with Crippen LogP contribution >= 0.6 is 0 Å². The Morgan fingerprint density at radius 2 is 1.53 bits per heavy atom. The van der Waals surface area contributed by atoms with Gasteiger partial charge in [0.25, 0.3) is 0 Å². The molecule has 0 radical (unpaired) electrons. The van der Waals surface area contributed by atoms with Gasteiger partial charge in [-0.15, -0.1) is 0 Å². The zero-order chi connectivity index (χ0) is 13.7. The van der Waals surface area contributed by atoms with Crippen molar-refractivity contribution in [2.75, 3.05) is 7.05 Å². The van der Waals surface area contributed by atoms with Crippen LogP contribution in [-0.2, 0) is 13.1 Å². The predicted molar refractivity (Wildman–Crippen MR) is 77.9 cm³/mol. The summed E-state index contributed by atoms with van der Waals surface area (Å²) in [5.41, 5.74) is 2.75. The van der Waals surface area contributed by atoms with E-state index in [1.54, 1.807) is 6.07 Å². The average Bonchev–Trinajstić information content (AvgIpc) is 2.40. The lowest BCUT2D eigenvalue weighted by Gasteiger charge is -2.18. The highest BCUT2D eigenvalue weighted by molar-refractivity contribution is 6.59. The summed E-state index contributed by atoms with van der Waals surface area (Å²) in [6.07, 6.45) is 0. The average molecular weight is 255 g/mol. The quantitative estimate of drug-likeness (QED) is 0.783. The summed E-state index contributed by atoms with van der Waals surface area (Å²) in [7, 11) is 0.606. The molecule has 2 aromatic carbocycles. The number of benzene rings is 2. The molecule has 0 aliphatic heterocycles. The topological polar surface area (TPSA) is 43.7 Å². The molecule has 0 bridgehead atoms. The van der Waals surface area contributed by atoms with E-state index < -0.39 is 7.12 Å². The molecule has 2 N–H and O–H groups in total. The Kier molecular flexibility index (Phi) is 4.74. The van der Waals surface area contributed by atoms with E-state index in [-0.39, 0.29) is 0 Å². The molecule has 2 rings (SSSR count). The Bertz CT molecular complexity index is 517. The molecule has 0 aliphatic rings. The molecule has 0 aromatic heterocycles. The second-order valence-corrected chi connectivity index (χ2v) is 4.73. The molecular formula is C15H18BNO2. The molecule has 0 amide bonds. The van der Waals surface area contributed by atoms with Gasteiger partial charge in [0.1, 0.15) is 0 Å². The molecule has 0 heterocycles. The summed E-state index contributed by atoms with van der Waals surface area (Å²) in [6.45, 7) is 1.51. The standard InChI is InChI=1S/C15H18BNO2/c1-17(11-13-7-3-2-4-8-13)12-14-9-5-6-10-15(14)16(18)19/h2-10,18-19H,11-12H2,1H3. The Hall–Kier alpha value is -1.62. The van der Waals surface area contributed by atoms with Gasteiger partial charge in [-0.1, -0.05) is 54.6 Å². The van der Waals surface area contributed by atoms with Crippen molar-refractivity contribution >= 4 is 12.6 Å². The van der Waals surface area contributed by atoms with Gasteiger partial charge in [-0.3, -0.25) is 4.90 Å². The van der Waals surface area contributed by atoms with E-state index in [0.717, 1.165) is 12.1 Å². The summed E-state index contributed by atoms with van der Waals surface area (Å²) < 4.78 is 0. The molecule has 0 unspecified atom stereocenters. The second kappa shape index (κ2) is 6.52. The fourth-order valence-electron chi connectivity index (χ4n) is 2.17. The third-order valence-corrected chi connectivity index (χ3v) is 3.07. The third kappa shape index (κ3) is 3.93. The van der Waals surface area contributed by atoms with Gasteiger partial charge in [0.2, 0.25) is 0 Å². The molecule has 0 fully saturated rings. The fourth-order valence-corrected chi connectivity index (χ4v) is 2.17. The number of hydrogen-bond donors (Lipinski definition) is 2. The maximum atomic E-state index is 9.34. The lowest BCUT2D eigenvalue weighted by atomic mass is 9.77. The van der Waals surface area contributed by atoms with Crippen LogP contribution in [0.25, 0.3) is 0 Å². The minimum atomic E-state index is -1.42. The van der Waals surface area contributed by atoms with Gasteiger partial charge in [0.15, 0.2) is 0 Å². The Balaban J connectivity index is 2.05. The summed E-state index contributed by atoms with van der Waals surface area (Å²) in [6, 6.07) is 17.6. The first-order valence-electron chi connectivity index (χ1n) is 6.33. The monoisotopic (exact) mass is 255 g/mol. The van der Waals surface area contributed by atoms with E-state index in [0.29, 0.717) is 12.0 Å². The van der Waals surface area contributed by atoms with Gasteiger partial charge in [0, 0.05) is 13.1 Å². The summed E-state index contributed by atoms with van der Waals surface area (Å²) in [5.74, 6) is 0. The fraction of sp³-hybridized carbons (Fsp3) is 0.200. The maximum absolute atomic E-state index is 9.34. The normalized spacial score (nSPS) is 10.7. The van der Waals surface area contributed by atoms with Gasteiger partial charge in [-0.05, 0) is 23.6 Å². The molecule has 4 heteroatoms. The van der Waals surface area contributed by atoms with Crippen molar-refractivity contribution in [3.8, 4) is 0 Å². The van der Waals surface area contributed by atoms with E-state index in [1.165, 1.54) is 5.56 Å². The van der Waals surface area contributed by atoms with Gasteiger partial charge in [-0.25, -0.2) is 0 Å². The Morgan fingerprint density at radius 3 is 2.21 bits per heavy atom. The number of rotatable bonds is 5. The lowest BCUT2D eigenvalue weighted by Crippen LogP contribution is -2.34. The van der Waals surface area contributed by atoms with E-state index in [2.05, 4.69) is 17.0 Å². The molecule has 0 spiro atoms. The largest absolute Gasteiger partial charge is 0.488 e. The smallest absolute Gasteiger partial charge is 0.423 e. The molecule has 0 aliphatic carbocycles. The summed E-state index contributed by atoms with van der Waals surface area (Å²) in [5, 5.41) is 18.7. The van der Waals surface area contributed by atoms with Crippen LogP contribution in [0.5, 0.6) is 0 Å². The van der Waals surface area contributed by atoms with Crippen LogP contribution in [0, 0.1) is 0 Å². The van der Waals surface area contributed by atoms with Crippen LogP contribution in [0.15, 0.2) is 54.6 Å². The van der Waals surface area contributed by atoms with E-state index in [9.17, 15) is 10.0 Å². The minimum absolute atomic E-state index is 0.572. The highest BCUT2D eigenvalue weighted by atomic mass is 16.4. The Morgan fingerprint density at radius 1 is 0.895 bits per heavy atom. The number of nitrogens with zero attached hydrogens (tertiary/aromatic N) is 1. The zero-order valence-corrected chi connectivity index (χ0v) is 11.0. The van der Waals surface area contributed by atoms with Crippen LogP contribution in [-0.4, -0.2) is 29.1 Å². The minimum Gasteiger partial charge on any atom is -0.423 e. The van der Waals surface area contributed by atoms with Crippen LogP contribution in [0.1, 0.15) is 11.1 Å². The lowest BCUT2D eigenvalue weighted by molar-refractivity contribution is 0.319. The zero-order valence-electron chi connectivity index (χ0n) is 11.0. The van der Waals surface area contributed by atoms with Crippen molar-refractivity contribution in [2.24, 2.45) is 0 Å². The molecule has 0 saturated carbocycles. The van der Waals surface area contributed by atoms with Crippen molar-refractivity contribution < 1.29 is 10.0 Å². The molecule has 0 saturated heterocycles. The number of hydrogen-bond acceptors (Lipinski definition) is 3. The second-order valence-electron chi connectivity index (χ2n) is 4.73. The SMILES string of the molecule is CN(Cc1ccccc1)Cc1ccccc1B(O)O. The van der Waals surface area contributed by atoms with Crippen LogP contribution in [0.4, 0.5) is 0 Å². The van der Waals surface area contributed by atoms with Crippen LogP contribution < -0.4 is 5.46 Å². The molecular weight excluding hydrogens is 237 g/mol. The first-order valence-corrected chi connectivity index (χ1v) is 6.33. The van der Waals surface area contributed by atoms with Gasteiger partial charge in [0.05, 0.1) is 0 Å². The van der Waals surface area contributed by atoms with Crippen molar-refractivity contribution in [2.45, 2.75) is 13.1 Å². The van der Waals surface area contributed by atoms with Crippen molar-refractivity contribution in [3.63, 3.8) is 0 Å². The van der Waals surface area contributed by atoms with Crippen molar-refractivity contribution in [1.82, 2.24) is 4.90 Å². The molecule has 0 atom stereocenters. The molecule has 19 heavy (non-hydrogen) atoms. The van der Waals surface area contributed by atoms with Crippen LogP contribution in [0.2, 0.25) is 0 Å². The van der Waals surface area contributed by atoms with Crippen molar-refractivity contribution in [1.29, 1.82) is 0 Å². The molecule has 98 valence electrons. The predicted octanol–water partition coefficient (Wildman–Crippen LogP) is 0.998. The maximum Gasteiger partial charge on any atom is 0.488 e. The van der Waals surface area contributed by atoms with Gasteiger partial charge < -0.3 is 10.0 Å². The summed E-state index contributed by atoms with van der Waals surface area (Å²) in [4.78, 5) is 2.15. The highest BCUT2D eigenvalue weighted by Gasteiger charge is 2.15. The third-order valence-electron chi connectivity index (χ3n) is 3.07. The van der Waals surface area contributed by atoms with E-state index in [4.69, 9.17) is 0 Å². The van der Waals surface area contributed by atoms with Crippen LogP contribution in [0.3, 0.4) is 0 Å². The first kappa shape index (κ1) is 13.8. The summed E-state index contributed by atoms with van der Waals surface area (Å²) >= 11 is 0. The van der Waals surface area contributed by atoms with E-state index >= 15 is 0 Å². The Labute approximate surface area is 114 Å². The molecule has 2 aromatic rings. The first-order chi connectivity index (χ1) is 9.16. The van der Waals surface area contributed by atoms with Gasteiger partial charge in [-0.2, -0.15) is 0 Å². The molecule has 3 nitrogen and oxygen atoms in total. The highest BCUT2D eigenvalue weighted by Crippen LogP contribution is 2.07. The van der Waals surface area contributed by atoms with Gasteiger partial charge >= 0.3 is 7.12 Å². The van der Waals surface area contributed by atoms with E-state index in [1.807, 2.05) is 43.4 Å². The van der Waals surface area contributed by atoms with Crippen molar-refractivity contribution in [3.05, 3.63) is 65.7 Å².